The molecule has 0 bridgehead atoms. The highest BCUT2D eigenvalue weighted by atomic mass is 16.5. The minimum atomic E-state index is -0.424. The largest absolute Gasteiger partial charge is 0.457 e. The molecule has 0 saturated heterocycles. The molecule has 0 saturated carbocycles. The molecule has 1 nitrogen and oxygen atoms in total. The molecule has 0 aromatic heterocycles. The SMILES string of the molecule is CC(C)(C)c1ccc2c(c1)C1(c3ccccc3-c3ccc(-c4cccc(-c5ccc6c(c5)C(C)(C)c5ccccc5O6)c4)cc31)c1cc(C(C)(C)C)ccc1-2. The van der Waals surface area contributed by atoms with Crippen molar-refractivity contribution in [3.8, 4) is 56.0 Å². The number of hydrogen-bond acceptors (Lipinski definition) is 1. The summed E-state index contributed by atoms with van der Waals surface area (Å²) in [6.45, 7) is 18.6. The third-order valence-corrected chi connectivity index (χ3v) is 12.9. The molecule has 1 heteroatoms. The van der Waals surface area contributed by atoms with Gasteiger partial charge in [-0.3, -0.25) is 0 Å². The first-order valence-corrected chi connectivity index (χ1v) is 19.8. The molecule has 7 aromatic rings. The Morgan fingerprint density at radius 1 is 0.364 bits per heavy atom. The van der Waals surface area contributed by atoms with E-state index in [4.69, 9.17) is 4.74 Å². The predicted molar refractivity (Wildman–Crippen MR) is 230 cm³/mol. The van der Waals surface area contributed by atoms with Gasteiger partial charge < -0.3 is 4.74 Å². The molecular formula is C54H48O. The van der Waals surface area contributed by atoms with Crippen molar-refractivity contribution < 1.29 is 4.74 Å². The van der Waals surface area contributed by atoms with Crippen molar-refractivity contribution >= 4 is 0 Å². The molecule has 0 amide bonds. The van der Waals surface area contributed by atoms with Gasteiger partial charge in [0.25, 0.3) is 0 Å². The van der Waals surface area contributed by atoms with E-state index in [1.165, 1.54) is 89.0 Å². The van der Waals surface area contributed by atoms with Crippen LogP contribution < -0.4 is 4.74 Å². The lowest BCUT2D eigenvalue weighted by atomic mass is 9.68. The molecule has 0 radical (unpaired) electrons. The summed E-state index contributed by atoms with van der Waals surface area (Å²) < 4.78 is 6.41. The number of hydrogen-bond donors (Lipinski definition) is 0. The maximum Gasteiger partial charge on any atom is 0.131 e. The van der Waals surface area contributed by atoms with E-state index < -0.39 is 5.41 Å². The van der Waals surface area contributed by atoms with Crippen LogP contribution in [0.3, 0.4) is 0 Å². The molecule has 7 aromatic carbocycles. The Morgan fingerprint density at radius 3 is 1.44 bits per heavy atom. The Morgan fingerprint density at radius 2 is 0.818 bits per heavy atom. The number of ether oxygens (including phenoxy) is 1. The van der Waals surface area contributed by atoms with Crippen LogP contribution in [0.4, 0.5) is 0 Å². The molecule has 10 rings (SSSR count). The molecule has 2 aliphatic carbocycles. The van der Waals surface area contributed by atoms with E-state index in [9.17, 15) is 0 Å². The minimum Gasteiger partial charge on any atom is -0.457 e. The van der Waals surface area contributed by atoms with Gasteiger partial charge in [0.15, 0.2) is 0 Å². The van der Waals surface area contributed by atoms with Gasteiger partial charge >= 0.3 is 0 Å². The second-order valence-corrected chi connectivity index (χ2v) is 18.6. The van der Waals surface area contributed by atoms with E-state index in [1.807, 2.05) is 0 Å². The van der Waals surface area contributed by atoms with Gasteiger partial charge in [0.2, 0.25) is 0 Å². The zero-order chi connectivity index (χ0) is 38.1. The van der Waals surface area contributed by atoms with Gasteiger partial charge in [-0.25, -0.2) is 0 Å². The Labute approximate surface area is 326 Å². The summed E-state index contributed by atoms with van der Waals surface area (Å²) in [6, 6.07) is 55.2. The topological polar surface area (TPSA) is 9.23 Å². The molecule has 1 spiro atoms. The van der Waals surface area contributed by atoms with Gasteiger partial charge in [-0.1, -0.05) is 171 Å². The van der Waals surface area contributed by atoms with Crippen LogP contribution in [0.1, 0.15) is 99.9 Å². The Kier molecular flexibility index (Phi) is 7.04. The normalized spacial score (nSPS) is 15.3. The van der Waals surface area contributed by atoms with E-state index in [1.54, 1.807) is 0 Å². The van der Waals surface area contributed by atoms with Crippen LogP contribution in [-0.4, -0.2) is 0 Å². The zero-order valence-electron chi connectivity index (χ0n) is 33.3. The minimum absolute atomic E-state index is 0.0201. The summed E-state index contributed by atoms with van der Waals surface area (Å²) in [5.74, 6) is 1.89. The van der Waals surface area contributed by atoms with E-state index in [2.05, 4.69) is 201 Å². The van der Waals surface area contributed by atoms with Crippen LogP contribution in [0.25, 0.3) is 44.5 Å². The van der Waals surface area contributed by atoms with Crippen molar-refractivity contribution in [2.75, 3.05) is 0 Å². The highest BCUT2D eigenvalue weighted by Gasteiger charge is 2.52. The molecule has 55 heavy (non-hydrogen) atoms. The summed E-state index contributed by atoms with van der Waals surface area (Å²) in [5.41, 5.74) is 20.4. The fourth-order valence-electron chi connectivity index (χ4n) is 9.80. The smallest absolute Gasteiger partial charge is 0.131 e. The molecule has 0 unspecified atom stereocenters. The van der Waals surface area contributed by atoms with Crippen molar-refractivity contribution in [2.24, 2.45) is 0 Å². The summed E-state index contributed by atoms with van der Waals surface area (Å²) in [6.07, 6.45) is 0. The van der Waals surface area contributed by atoms with Gasteiger partial charge in [-0.2, -0.15) is 0 Å². The molecule has 1 heterocycles. The first-order valence-electron chi connectivity index (χ1n) is 19.8. The highest BCUT2D eigenvalue weighted by Crippen LogP contribution is 2.64. The number of rotatable bonds is 2. The van der Waals surface area contributed by atoms with Crippen molar-refractivity contribution in [2.45, 2.75) is 77.0 Å². The molecule has 270 valence electrons. The quantitative estimate of drug-likeness (QED) is 0.173. The summed E-state index contributed by atoms with van der Waals surface area (Å²) in [5, 5.41) is 0. The average molecular weight is 713 g/mol. The van der Waals surface area contributed by atoms with Crippen LogP contribution in [0, 0.1) is 0 Å². The first kappa shape index (κ1) is 33.9. The van der Waals surface area contributed by atoms with Crippen molar-refractivity contribution in [3.05, 3.63) is 190 Å². The lowest BCUT2D eigenvalue weighted by Gasteiger charge is -2.34. The average Bonchev–Trinajstić information content (AvgIpc) is 3.63. The van der Waals surface area contributed by atoms with E-state index in [-0.39, 0.29) is 16.2 Å². The van der Waals surface area contributed by atoms with Gasteiger partial charge in [-0.05, 0) is 119 Å². The molecule has 3 aliphatic rings. The maximum absolute atomic E-state index is 6.41. The molecule has 0 atom stereocenters. The molecule has 1 aliphatic heterocycles. The van der Waals surface area contributed by atoms with Crippen molar-refractivity contribution in [1.82, 2.24) is 0 Å². The van der Waals surface area contributed by atoms with E-state index in [0.29, 0.717) is 0 Å². The second-order valence-electron chi connectivity index (χ2n) is 18.6. The van der Waals surface area contributed by atoms with Gasteiger partial charge in [0, 0.05) is 16.5 Å². The summed E-state index contributed by atoms with van der Waals surface area (Å²) in [7, 11) is 0. The van der Waals surface area contributed by atoms with Crippen molar-refractivity contribution in [3.63, 3.8) is 0 Å². The monoisotopic (exact) mass is 712 g/mol. The lowest BCUT2D eigenvalue weighted by Crippen LogP contribution is -2.27. The second kappa shape index (κ2) is 11.4. The third kappa shape index (κ3) is 4.85. The lowest BCUT2D eigenvalue weighted by molar-refractivity contribution is 0.418. The summed E-state index contributed by atoms with van der Waals surface area (Å²) in [4.78, 5) is 0. The third-order valence-electron chi connectivity index (χ3n) is 12.9. The van der Waals surface area contributed by atoms with Crippen molar-refractivity contribution in [1.29, 1.82) is 0 Å². The van der Waals surface area contributed by atoms with E-state index in [0.717, 1.165) is 11.5 Å². The van der Waals surface area contributed by atoms with Gasteiger partial charge in [0.05, 0.1) is 5.41 Å². The first-order chi connectivity index (χ1) is 26.3. The summed E-state index contributed by atoms with van der Waals surface area (Å²) >= 11 is 0. The van der Waals surface area contributed by atoms with Crippen LogP contribution in [0.2, 0.25) is 0 Å². The van der Waals surface area contributed by atoms with Gasteiger partial charge in [0.1, 0.15) is 11.5 Å². The fourth-order valence-corrected chi connectivity index (χ4v) is 9.80. The number of benzene rings is 7. The zero-order valence-corrected chi connectivity index (χ0v) is 33.3. The predicted octanol–water partition coefficient (Wildman–Crippen LogP) is 14.4. The maximum atomic E-state index is 6.41. The fraction of sp³-hybridized carbons (Fsp3) is 0.222. The molecule has 0 fully saturated rings. The van der Waals surface area contributed by atoms with Crippen LogP contribution >= 0.6 is 0 Å². The van der Waals surface area contributed by atoms with Crippen LogP contribution in [0.5, 0.6) is 11.5 Å². The van der Waals surface area contributed by atoms with Crippen LogP contribution in [0.15, 0.2) is 146 Å². The number of fused-ring (bicyclic) bond motifs is 12. The Hall–Kier alpha value is -5.66. The highest BCUT2D eigenvalue weighted by molar-refractivity contribution is 5.96. The van der Waals surface area contributed by atoms with E-state index >= 15 is 0 Å². The number of para-hydroxylation sites is 1. The van der Waals surface area contributed by atoms with Crippen LogP contribution in [-0.2, 0) is 21.7 Å². The Balaban J connectivity index is 1.16. The van der Waals surface area contributed by atoms with Gasteiger partial charge in [-0.15, -0.1) is 0 Å². The molecular weight excluding hydrogens is 665 g/mol. The Bertz CT molecular complexity index is 2660. The molecule has 0 N–H and O–H groups in total. The standard InChI is InChI=1S/C54H48O/c1-51(2,3)37-22-25-41-42-26-23-38(52(4,5)6)32-47(42)54(46(41)31-37)43-17-10-9-16-39(43)40-24-20-35(29-45(40)54)33-14-13-15-34(28-33)36-21-27-50-48(30-36)53(7,8)44-18-11-12-19-49(44)55-50/h9-32H,1-8H3.